The van der Waals surface area contributed by atoms with Crippen molar-refractivity contribution >= 4 is 10.9 Å². The van der Waals surface area contributed by atoms with Gasteiger partial charge in [0.15, 0.2) is 0 Å². The molecule has 1 N–H and O–H groups in total. The fourth-order valence-electron chi connectivity index (χ4n) is 1.58. The van der Waals surface area contributed by atoms with Crippen molar-refractivity contribution in [1.29, 1.82) is 0 Å². The highest BCUT2D eigenvalue weighted by atomic mass is 19.1. The standard InChI is InChI=1S/C11H9FN2/c1-13-6-5-8-7-14-10-4-2-3-9(12)11(8)10/h2-4,7,14H,5-6H2. The molecule has 0 aliphatic rings. The lowest BCUT2D eigenvalue weighted by atomic mass is 10.1. The minimum atomic E-state index is -0.219. The predicted octanol–water partition coefficient (Wildman–Crippen LogP) is 2.77. The Balaban J connectivity index is 2.51. The highest BCUT2D eigenvalue weighted by molar-refractivity contribution is 5.83. The smallest absolute Gasteiger partial charge is 0.218 e. The van der Waals surface area contributed by atoms with Crippen LogP contribution in [-0.4, -0.2) is 11.5 Å². The third-order valence-corrected chi connectivity index (χ3v) is 2.23. The van der Waals surface area contributed by atoms with E-state index in [-0.39, 0.29) is 5.82 Å². The molecule has 2 nitrogen and oxygen atoms in total. The first-order valence-electron chi connectivity index (χ1n) is 4.40. The Labute approximate surface area is 81.2 Å². The summed E-state index contributed by atoms with van der Waals surface area (Å²) in [6, 6.07) is 4.95. The molecular formula is C11H9FN2. The van der Waals surface area contributed by atoms with Gasteiger partial charge in [-0.15, -0.1) is 0 Å². The van der Waals surface area contributed by atoms with Crippen molar-refractivity contribution in [2.75, 3.05) is 6.54 Å². The summed E-state index contributed by atoms with van der Waals surface area (Å²) in [5, 5.41) is 0.621. The number of nitrogens with one attached hydrogen (secondary N) is 1. The van der Waals surface area contributed by atoms with Crippen LogP contribution in [0, 0.1) is 12.4 Å². The van der Waals surface area contributed by atoms with E-state index in [1.807, 2.05) is 6.07 Å². The number of benzene rings is 1. The number of halogens is 1. The first kappa shape index (κ1) is 8.76. The van der Waals surface area contributed by atoms with Crippen LogP contribution in [0.4, 0.5) is 4.39 Å². The molecule has 14 heavy (non-hydrogen) atoms. The number of rotatable bonds is 2. The molecule has 0 saturated heterocycles. The van der Waals surface area contributed by atoms with E-state index in [2.05, 4.69) is 9.83 Å². The fourth-order valence-corrected chi connectivity index (χ4v) is 1.58. The molecule has 2 aromatic rings. The molecule has 70 valence electrons. The lowest BCUT2D eigenvalue weighted by molar-refractivity contribution is 0.639. The number of fused-ring (bicyclic) bond motifs is 1. The average Bonchev–Trinajstić information content (AvgIpc) is 2.59. The quantitative estimate of drug-likeness (QED) is 0.699. The summed E-state index contributed by atoms with van der Waals surface area (Å²) in [6.45, 7) is 7.09. The molecule has 0 radical (unpaired) electrons. The van der Waals surface area contributed by atoms with Gasteiger partial charge in [0.25, 0.3) is 0 Å². The van der Waals surface area contributed by atoms with Crippen LogP contribution in [0.5, 0.6) is 0 Å². The highest BCUT2D eigenvalue weighted by Gasteiger charge is 2.08. The van der Waals surface area contributed by atoms with E-state index in [1.54, 1.807) is 12.3 Å². The van der Waals surface area contributed by atoms with Gasteiger partial charge in [-0.3, -0.25) is 0 Å². The normalized spacial score (nSPS) is 10.3. The molecule has 0 aliphatic heterocycles. The Kier molecular flexibility index (Phi) is 2.19. The molecule has 0 unspecified atom stereocenters. The van der Waals surface area contributed by atoms with Gasteiger partial charge in [0, 0.05) is 23.5 Å². The van der Waals surface area contributed by atoms with Crippen molar-refractivity contribution in [2.24, 2.45) is 0 Å². The minimum absolute atomic E-state index is 0.219. The maximum Gasteiger partial charge on any atom is 0.218 e. The molecule has 1 aromatic heterocycles. The summed E-state index contributed by atoms with van der Waals surface area (Å²) in [6.07, 6.45) is 2.38. The second-order valence-corrected chi connectivity index (χ2v) is 3.11. The van der Waals surface area contributed by atoms with E-state index in [0.29, 0.717) is 18.4 Å². The maximum absolute atomic E-state index is 13.4. The highest BCUT2D eigenvalue weighted by Crippen LogP contribution is 2.21. The van der Waals surface area contributed by atoms with Crippen LogP contribution < -0.4 is 0 Å². The van der Waals surface area contributed by atoms with Crippen LogP contribution in [-0.2, 0) is 6.42 Å². The first-order valence-corrected chi connectivity index (χ1v) is 4.40. The SMILES string of the molecule is [C-]#[N+]CCc1c[nH]c2cccc(F)c12. The topological polar surface area (TPSA) is 20.1 Å². The van der Waals surface area contributed by atoms with Crippen molar-refractivity contribution in [2.45, 2.75) is 6.42 Å². The van der Waals surface area contributed by atoms with Gasteiger partial charge in [-0.25, -0.2) is 11.0 Å². The van der Waals surface area contributed by atoms with Crippen LogP contribution in [0.3, 0.4) is 0 Å². The van der Waals surface area contributed by atoms with Gasteiger partial charge in [0.2, 0.25) is 6.54 Å². The first-order chi connectivity index (χ1) is 6.83. The number of aromatic nitrogens is 1. The van der Waals surface area contributed by atoms with Crippen LogP contribution in [0.1, 0.15) is 5.56 Å². The molecule has 0 fully saturated rings. The van der Waals surface area contributed by atoms with Gasteiger partial charge < -0.3 is 9.83 Å². The molecule has 0 saturated carbocycles. The molecule has 0 atom stereocenters. The van der Waals surface area contributed by atoms with Crippen molar-refractivity contribution in [3.8, 4) is 0 Å². The Morgan fingerprint density at radius 3 is 3.07 bits per heavy atom. The van der Waals surface area contributed by atoms with Crippen molar-refractivity contribution < 1.29 is 4.39 Å². The maximum atomic E-state index is 13.4. The second kappa shape index (κ2) is 3.51. The fraction of sp³-hybridized carbons (Fsp3) is 0.182. The van der Waals surface area contributed by atoms with Crippen molar-refractivity contribution in [1.82, 2.24) is 4.98 Å². The van der Waals surface area contributed by atoms with Gasteiger partial charge in [0.1, 0.15) is 5.82 Å². The molecule has 1 aromatic carbocycles. The zero-order valence-electron chi connectivity index (χ0n) is 7.55. The molecule has 0 aliphatic carbocycles. The molecule has 2 rings (SSSR count). The zero-order chi connectivity index (χ0) is 9.97. The van der Waals surface area contributed by atoms with Crippen LogP contribution in [0.15, 0.2) is 24.4 Å². The Hall–Kier alpha value is -1.82. The molecule has 0 bridgehead atoms. The van der Waals surface area contributed by atoms with Gasteiger partial charge in [-0.2, -0.15) is 0 Å². The lowest BCUT2D eigenvalue weighted by Gasteiger charge is -1.95. The predicted molar refractivity (Wildman–Crippen MR) is 53.4 cm³/mol. The van der Waals surface area contributed by atoms with E-state index < -0.39 is 0 Å². The summed E-state index contributed by atoms with van der Waals surface area (Å²) in [5.74, 6) is -0.219. The van der Waals surface area contributed by atoms with Gasteiger partial charge in [-0.1, -0.05) is 6.07 Å². The minimum Gasteiger partial charge on any atom is -0.361 e. The van der Waals surface area contributed by atoms with Gasteiger partial charge in [-0.05, 0) is 17.7 Å². The largest absolute Gasteiger partial charge is 0.361 e. The summed E-state index contributed by atoms with van der Waals surface area (Å²) < 4.78 is 13.4. The van der Waals surface area contributed by atoms with E-state index in [1.165, 1.54) is 6.07 Å². The Morgan fingerprint density at radius 1 is 1.43 bits per heavy atom. The number of H-pyrrole nitrogens is 1. The number of hydrogen-bond acceptors (Lipinski definition) is 0. The molecular weight excluding hydrogens is 179 g/mol. The summed E-state index contributed by atoms with van der Waals surface area (Å²) in [7, 11) is 0. The third kappa shape index (κ3) is 1.35. The lowest BCUT2D eigenvalue weighted by Crippen LogP contribution is -1.87. The van der Waals surface area contributed by atoms with E-state index in [4.69, 9.17) is 6.57 Å². The molecule has 3 heteroatoms. The number of hydrogen-bond donors (Lipinski definition) is 1. The molecule has 1 heterocycles. The summed E-state index contributed by atoms with van der Waals surface area (Å²) >= 11 is 0. The summed E-state index contributed by atoms with van der Waals surface area (Å²) in [4.78, 5) is 6.26. The van der Waals surface area contributed by atoms with E-state index in [0.717, 1.165) is 11.1 Å². The molecule has 0 spiro atoms. The Morgan fingerprint density at radius 2 is 2.29 bits per heavy atom. The average molecular weight is 188 g/mol. The second-order valence-electron chi connectivity index (χ2n) is 3.11. The monoisotopic (exact) mass is 188 g/mol. The number of nitrogens with zero attached hydrogens (tertiary/aromatic N) is 1. The van der Waals surface area contributed by atoms with Crippen LogP contribution in [0.2, 0.25) is 0 Å². The Bertz CT molecular complexity index is 493. The van der Waals surface area contributed by atoms with E-state index in [9.17, 15) is 4.39 Å². The van der Waals surface area contributed by atoms with Crippen molar-refractivity contribution in [3.05, 3.63) is 47.2 Å². The zero-order valence-corrected chi connectivity index (χ0v) is 7.55. The van der Waals surface area contributed by atoms with Crippen molar-refractivity contribution in [3.63, 3.8) is 0 Å². The third-order valence-electron chi connectivity index (χ3n) is 2.23. The van der Waals surface area contributed by atoms with Crippen LogP contribution in [0.25, 0.3) is 15.7 Å². The van der Waals surface area contributed by atoms with Gasteiger partial charge >= 0.3 is 0 Å². The number of aromatic amines is 1. The van der Waals surface area contributed by atoms with E-state index >= 15 is 0 Å². The van der Waals surface area contributed by atoms with Gasteiger partial charge in [0.05, 0.1) is 0 Å². The molecule has 0 amide bonds. The van der Waals surface area contributed by atoms with Crippen LogP contribution >= 0.6 is 0 Å². The summed E-state index contributed by atoms with van der Waals surface area (Å²) in [5.41, 5.74) is 1.68.